The fraction of sp³-hybridized carbons (Fsp3) is 0.304. The second kappa shape index (κ2) is 8.21. The Morgan fingerprint density at radius 1 is 0.963 bits per heavy atom. The molecule has 0 aliphatic carbocycles. The Labute approximate surface area is 160 Å². The maximum atomic E-state index is 12.4. The minimum Gasteiger partial charge on any atom is -0.543 e. The molecule has 0 fully saturated rings. The van der Waals surface area contributed by atoms with Gasteiger partial charge in [-0.1, -0.05) is 71.0 Å². The van der Waals surface area contributed by atoms with Crippen LogP contribution < -0.4 is 10.4 Å². The van der Waals surface area contributed by atoms with E-state index in [1.807, 2.05) is 36.4 Å². The van der Waals surface area contributed by atoms with Crippen molar-refractivity contribution < 1.29 is 14.7 Å². The number of carboxylic acids is 1. The van der Waals surface area contributed by atoms with Crippen LogP contribution in [0.15, 0.2) is 54.2 Å². The van der Waals surface area contributed by atoms with Crippen molar-refractivity contribution in [3.8, 4) is 0 Å². The lowest BCUT2D eigenvalue weighted by molar-refractivity contribution is -0.299. The van der Waals surface area contributed by atoms with Gasteiger partial charge in [0.05, 0.1) is 11.7 Å². The molecule has 0 aromatic heterocycles. The van der Waals surface area contributed by atoms with Crippen molar-refractivity contribution in [1.82, 2.24) is 5.32 Å². The fourth-order valence-electron chi connectivity index (χ4n) is 2.61. The lowest BCUT2D eigenvalue weighted by Gasteiger charge is -2.19. The van der Waals surface area contributed by atoms with Crippen LogP contribution in [0.5, 0.6) is 0 Å². The van der Waals surface area contributed by atoms with Gasteiger partial charge in [0.15, 0.2) is 0 Å². The van der Waals surface area contributed by atoms with Crippen molar-refractivity contribution in [2.45, 2.75) is 46.0 Å². The number of rotatable bonds is 5. The molecule has 0 atom stereocenters. The average Bonchev–Trinajstić information content (AvgIpc) is 2.60. The van der Waals surface area contributed by atoms with E-state index >= 15 is 0 Å². The van der Waals surface area contributed by atoms with E-state index in [-0.39, 0.29) is 11.1 Å². The first-order valence-corrected chi connectivity index (χ1v) is 9.03. The summed E-state index contributed by atoms with van der Waals surface area (Å²) in [5.74, 6) is -1.52. The quantitative estimate of drug-likeness (QED) is 0.824. The summed E-state index contributed by atoms with van der Waals surface area (Å²) in [5.41, 5.74) is 3.04. The first-order valence-electron chi connectivity index (χ1n) is 9.03. The Morgan fingerprint density at radius 2 is 1.52 bits per heavy atom. The molecule has 0 unspecified atom stereocenters. The highest BCUT2D eigenvalue weighted by Gasteiger charge is 2.15. The van der Waals surface area contributed by atoms with Gasteiger partial charge in [-0.15, -0.1) is 0 Å². The van der Waals surface area contributed by atoms with Crippen LogP contribution in [0.2, 0.25) is 0 Å². The second-order valence-corrected chi connectivity index (χ2v) is 7.95. The van der Waals surface area contributed by atoms with Crippen LogP contribution in [0.3, 0.4) is 0 Å². The molecule has 0 heterocycles. The topological polar surface area (TPSA) is 69.2 Å². The predicted octanol–water partition coefficient (Wildman–Crippen LogP) is 3.63. The van der Waals surface area contributed by atoms with Gasteiger partial charge in [-0.2, -0.15) is 0 Å². The summed E-state index contributed by atoms with van der Waals surface area (Å²) < 4.78 is 0. The van der Waals surface area contributed by atoms with E-state index in [4.69, 9.17) is 0 Å². The highest BCUT2D eigenvalue weighted by molar-refractivity contribution is 6.02. The molecule has 1 amide bonds. The lowest BCUT2D eigenvalue weighted by Crippen LogP contribution is -2.35. The van der Waals surface area contributed by atoms with Crippen LogP contribution >= 0.6 is 0 Å². The smallest absolute Gasteiger partial charge is 0.255 e. The number of benzene rings is 2. The number of amides is 1. The molecule has 2 aromatic rings. The van der Waals surface area contributed by atoms with E-state index in [0.717, 1.165) is 11.1 Å². The van der Waals surface area contributed by atoms with E-state index in [2.05, 4.69) is 39.9 Å². The Morgan fingerprint density at radius 3 is 1.96 bits per heavy atom. The van der Waals surface area contributed by atoms with Gasteiger partial charge >= 0.3 is 0 Å². The summed E-state index contributed by atoms with van der Waals surface area (Å²) in [7, 11) is 0. The summed E-state index contributed by atoms with van der Waals surface area (Å²) in [6.07, 6.45) is 1.40. The predicted molar refractivity (Wildman–Crippen MR) is 106 cm³/mol. The van der Waals surface area contributed by atoms with E-state index in [9.17, 15) is 14.7 Å². The minimum absolute atomic E-state index is 0.0206. The standard InChI is InChI=1S/C23H27NO3/c1-15(2)17-8-6-16(7-9-17)14-20(22(26)27)24-21(25)18-10-12-19(13-11-18)23(3,4)5/h6-15H,1-5H3,(H,24,25)(H,26,27)/p-1/b20-14+. The molecule has 0 saturated carbocycles. The lowest BCUT2D eigenvalue weighted by atomic mass is 9.87. The second-order valence-electron chi connectivity index (χ2n) is 7.95. The van der Waals surface area contributed by atoms with Gasteiger partial charge < -0.3 is 15.2 Å². The number of hydrogen-bond donors (Lipinski definition) is 1. The van der Waals surface area contributed by atoms with Gasteiger partial charge in [-0.05, 0) is 46.2 Å². The normalized spacial score (nSPS) is 12.1. The minimum atomic E-state index is -1.43. The molecule has 27 heavy (non-hydrogen) atoms. The zero-order valence-corrected chi connectivity index (χ0v) is 16.5. The third kappa shape index (κ3) is 5.55. The summed E-state index contributed by atoms with van der Waals surface area (Å²) in [4.78, 5) is 23.8. The van der Waals surface area contributed by atoms with Crippen LogP contribution in [-0.4, -0.2) is 11.9 Å². The molecule has 4 heteroatoms. The van der Waals surface area contributed by atoms with Crippen molar-refractivity contribution >= 4 is 18.0 Å². The number of hydrogen-bond acceptors (Lipinski definition) is 3. The molecule has 0 aliphatic rings. The van der Waals surface area contributed by atoms with Gasteiger partial charge in [-0.25, -0.2) is 0 Å². The van der Waals surface area contributed by atoms with Crippen LogP contribution in [0.4, 0.5) is 0 Å². The van der Waals surface area contributed by atoms with Gasteiger partial charge in [0.1, 0.15) is 0 Å². The van der Waals surface area contributed by atoms with Crippen molar-refractivity contribution in [2.75, 3.05) is 0 Å². The molecular weight excluding hydrogens is 338 g/mol. The number of carbonyl (C=O) groups excluding carboxylic acids is 2. The van der Waals surface area contributed by atoms with E-state index in [0.29, 0.717) is 17.0 Å². The summed E-state index contributed by atoms with van der Waals surface area (Å²) >= 11 is 0. The molecule has 2 aromatic carbocycles. The van der Waals surface area contributed by atoms with E-state index in [1.54, 1.807) is 12.1 Å². The van der Waals surface area contributed by atoms with Gasteiger partial charge in [0.25, 0.3) is 5.91 Å². The first kappa shape index (κ1) is 20.4. The molecule has 0 spiro atoms. The monoisotopic (exact) mass is 364 g/mol. The molecule has 0 bridgehead atoms. The fourth-order valence-corrected chi connectivity index (χ4v) is 2.61. The Balaban J connectivity index is 2.20. The van der Waals surface area contributed by atoms with Crippen LogP contribution in [-0.2, 0) is 10.2 Å². The molecule has 0 saturated heterocycles. The number of nitrogens with one attached hydrogen (secondary N) is 1. The van der Waals surface area contributed by atoms with Crippen molar-refractivity contribution in [3.05, 3.63) is 76.5 Å². The van der Waals surface area contributed by atoms with Gasteiger partial charge in [0.2, 0.25) is 0 Å². The summed E-state index contributed by atoms with van der Waals surface area (Å²) in [6, 6.07) is 14.7. The summed E-state index contributed by atoms with van der Waals surface area (Å²) in [5, 5.41) is 13.9. The molecule has 4 nitrogen and oxygen atoms in total. The third-order valence-corrected chi connectivity index (χ3v) is 4.40. The highest BCUT2D eigenvalue weighted by Crippen LogP contribution is 2.22. The van der Waals surface area contributed by atoms with Crippen LogP contribution in [0, 0.1) is 0 Å². The van der Waals surface area contributed by atoms with E-state index < -0.39 is 11.9 Å². The molecule has 0 radical (unpaired) electrons. The van der Waals surface area contributed by atoms with Gasteiger partial charge in [-0.3, -0.25) is 4.79 Å². The number of aliphatic carboxylic acids is 1. The van der Waals surface area contributed by atoms with Crippen LogP contribution in [0.25, 0.3) is 6.08 Å². The maximum Gasteiger partial charge on any atom is 0.255 e. The SMILES string of the molecule is CC(C)c1ccc(/C=C(/NC(=O)c2ccc(C(C)(C)C)cc2)C(=O)[O-])cc1. The number of carbonyl (C=O) groups is 2. The Hall–Kier alpha value is -2.88. The van der Waals surface area contributed by atoms with Crippen molar-refractivity contribution in [1.29, 1.82) is 0 Å². The average molecular weight is 364 g/mol. The maximum absolute atomic E-state index is 12.4. The van der Waals surface area contributed by atoms with E-state index in [1.165, 1.54) is 6.08 Å². The van der Waals surface area contributed by atoms with Crippen molar-refractivity contribution in [2.24, 2.45) is 0 Å². The molecule has 142 valence electrons. The molecule has 1 N–H and O–H groups in total. The molecular formula is C23H26NO3-. The Bertz CT molecular complexity index is 839. The Kier molecular flexibility index (Phi) is 6.21. The van der Waals surface area contributed by atoms with Crippen molar-refractivity contribution in [3.63, 3.8) is 0 Å². The van der Waals surface area contributed by atoms with Gasteiger partial charge in [0, 0.05) is 5.56 Å². The first-order chi connectivity index (χ1) is 12.6. The molecule has 0 aliphatic heterocycles. The van der Waals surface area contributed by atoms with Crippen LogP contribution in [0.1, 0.15) is 67.6 Å². The zero-order valence-electron chi connectivity index (χ0n) is 16.5. The zero-order chi connectivity index (χ0) is 20.2. The number of carboxylic acid groups (broad SMARTS) is 1. The summed E-state index contributed by atoms with van der Waals surface area (Å²) in [6.45, 7) is 10.4. The largest absolute Gasteiger partial charge is 0.543 e. The molecule has 2 rings (SSSR count). The highest BCUT2D eigenvalue weighted by atomic mass is 16.4. The third-order valence-electron chi connectivity index (χ3n) is 4.40.